The van der Waals surface area contributed by atoms with Gasteiger partial charge in [0.2, 0.25) is 0 Å². The average molecular weight is 172 g/mol. The Kier molecular flexibility index (Phi) is 3.25. The van der Waals surface area contributed by atoms with Crippen LogP contribution in [0.1, 0.15) is 6.92 Å². The van der Waals surface area contributed by atoms with Gasteiger partial charge in [0.05, 0.1) is 13.2 Å². The third-order valence-corrected chi connectivity index (χ3v) is 1.60. The van der Waals surface area contributed by atoms with Crippen LogP contribution in [0, 0.1) is 5.92 Å². The molecule has 0 radical (unpaired) electrons. The molecule has 0 amide bonds. The van der Waals surface area contributed by atoms with E-state index in [-0.39, 0.29) is 12.2 Å². The van der Waals surface area contributed by atoms with Crippen molar-refractivity contribution in [1.82, 2.24) is 0 Å². The van der Waals surface area contributed by atoms with Crippen molar-refractivity contribution in [2.24, 2.45) is 5.92 Å². The number of aliphatic carboxylic acids is 1. The fourth-order valence-corrected chi connectivity index (χ4v) is 0.944. The molecule has 4 heteroatoms. The quantitative estimate of drug-likeness (QED) is 0.621. The summed E-state index contributed by atoms with van der Waals surface area (Å²) in [6.45, 7) is 2.88. The number of carbonyl (C=O) groups is 1. The fraction of sp³-hybridized carbons (Fsp3) is 0.625. The van der Waals surface area contributed by atoms with E-state index in [0.717, 1.165) is 6.08 Å². The highest BCUT2D eigenvalue weighted by Gasteiger charge is 2.16. The van der Waals surface area contributed by atoms with Crippen LogP contribution in [0.5, 0.6) is 0 Å². The Balaban J connectivity index is 2.30. The maximum Gasteiger partial charge on any atom is 0.327 e. The fourth-order valence-electron chi connectivity index (χ4n) is 0.944. The Hall–Kier alpha value is -0.870. The molecule has 1 rings (SSSR count). The minimum Gasteiger partial charge on any atom is -0.478 e. The van der Waals surface area contributed by atoms with E-state index in [0.29, 0.717) is 13.2 Å². The van der Waals surface area contributed by atoms with Gasteiger partial charge in [-0.05, 0) is 6.92 Å². The molecule has 1 aliphatic heterocycles. The van der Waals surface area contributed by atoms with Gasteiger partial charge in [-0.3, -0.25) is 0 Å². The lowest BCUT2D eigenvalue weighted by Crippen LogP contribution is -2.28. The Morgan fingerprint density at radius 2 is 2.08 bits per heavy atom. The van der Waals surface area contributed by atoms with Crippen LogP contribution in [0.3, 0.4) is 0 Å². The number of carboxylic acids is 1. The molecule has 0 spiro atoms. The maximum atomic E-state index is 10.1. The van der Waals surface area contributed by atoms with Crippen molar-refractivity contribution >= 4 is 5.97 Å². The number of ether oxygens (including phenoxy) is 2. The molecule has 0 aromatic rings. The molecule has 12 heavy (non-hydrogen) atoms. The minimum atomic E-state index is -0.936. The first-order valence-corrected chi connectivity index (χ1v) is 3.83. The number of hydrogen-bond acceptors (Lipinski definition) is 3. The summed E-state index contributed by atoms with van der Waals surface area (Å²) in [7, 11) is 0. The van der Waals surface area contributed by atoms with Crippen molar-refractivity contribution < 1.29 is 19.4 Å². The molecule has 68 valence electrons. The second kappa shape index (κ2) is 4.23. The van der Waals surface area contributed by atoms with E-state index >= 15 is 0 Å². The van der Waals surface area contributed by atoms with Crippen LogP contribution in [-0.2, 0) is 14.3 Å². The van der Waals surface area contributed by atoms with Crippen molar-refractivity contribution in [2.75, 3.05) is 13.2 Å². The summed E-state index contributed by atoms with van der Waals surface area (Å²) in [4.78, 5) is 10.1. The first-order chi connectivity index (χ1) is 5.68. The first kappa shape index (κ1) is 9.22. The lowest BCUT2D eigenvalue weighted by Gasteiger charge is -2.24. The van der Waals surface area contributed by atoms with E-state index in [4.69, 9.17) is 14.6 Å². The molecular formula is C8H12O4. The summed E-state index contributed by atoms with van der Waals surface area (Å²) < 4.78 is 10.3. The van der Waals surface area contributed by atoms with Gasteiger partial charge in [-0.15, -0.1) is 0 Å². The standard InChI is InChI=1S/C8H12O4/c1-6-11-4-7(5-12-6)2-3-8(9)10/h2-3,6-7H,4-5H2,1H3,(H,9,10). The topological polar surface area (TPSA) is 55.8 Å². The highest BCUT2D eigenvalue weighted by atomic mass is 16.7. The van der Waals surface area contributed by atoms with Crippen LogP contribution in [0.2, 0.25) is 0 Å². The van der Waals surface area contributed by atoms with Crippen LogP contribution in [-0.4, -0.2) is 30.6 Å². The molecular weight excluding hydrogens is 160 g/mol. The lowest BCUT2D eigenvalue weighted by atomic mass is 10.1. The Labute approximate surface area is 70.8 Å². The van der Waals surface area contributed by atoms with Gasteiger partial charge in [0.25, 0.3) is 0 Å². The molecule has 1 fully saturated rings. The van der Waals surface area contributed by atoms with Gasteiger partial charge in [-0.25, -0.2) is 4.79 Å². The molecule has 4 nitrogen and oxygen atoms in total. The Morgan fingerprint density at radius 3 is 2.58 bits per heavy atom. The molecule has 1 saturated heterocycles. The highest BCUT2D eigenvalue weighted by Crippen LogP contribution is 2.11. The second-order valence-corrected chi connectivity index (χ2v) is 2.69. The average Bonchev–Trinajstić information content (AvgIpc) is 2.03. The molecule has 0 aromatic heterocycles. The van der Waals surface area contributed by atoms with Gasteiger partial charge in [-0.2, -0.15) is 0 Å². The van der Waals surface area contributed by atoms with Crippen molar-refractivity contribution in [3.63, 3.8) is 0 Å². The van der Waals surface area contributed by atoms with Crippen molar-refractivity contribution in [3.8, 4) is 0 Å². The van der Waals surface area contributed by atoms with Gasteiger partial charge in [0, 0.05) is 12.0 Å². The minimum absolute atomic E-state index is 0.0669. The summed E-state index contributed by atoms with van der Waals surface area (Å²) in [5, 5.41) is 8.33. The second-order valence-electron chi connectivity index (χ2n) is 2.69. The van der Waals surface area contributed by atoms with E-state index < -0.39 is 5.97 Å². The summed E-state index contributed by atoms with van der Waals surface area (Å²) in [6, 6.07) is 0. The molecule has 0 atom stereocenters. The lowest BCUT2D eigenvalue weighted by molar-refractivity contribution is -0.182. The van der Waals surface area contributed by atoms with Crippen molar-refractivity contribution in [1.29, 1.82) is 0 Å². The third-order valence-electron chi connectivity index (χ3n) is 1.60. The molecule has 0 aliphatic carbocycles. The summed E-state index contributed by atoms with van der Waals surface area (Å²) in [6.07, 6.45) is 2.54. The van der Waals surface area contributed by atoms with Gasteiger partial charge in [-0.1, -0.05) is 6.08 Å². The molecule has 0 aromatic carbocycles. The smallest absolute Gasteiger partial charge is 0.327 e. The molecule has 0 bridgehead atoms. The highest BCUT2D eigenvalue weighted by molar-refractivity contribution is 5.79. The Morgan fingerprint density at radius 1 is 1.50 bits per heavy atom. The zero-order valence-corrected chi connectivity index (χ0v) is 6.90. The molecule has 0 unspecified atom stereocenters. The molecule has 1 aliphatic rings. The van der Waals surface area contributed by atoms with Crippen LogP contribution >= 0.6 is 0 Å². The van der Waals surface area contributed by atoms with Gasteiger partial charge < -0.3 is 14.6 Å². The summed E-state index contributed by atoms with van der Waals surface area (Å²) in [5.41, 5.74) is 0. The van der Waals surface area contributed by atoms with Crippen LogP contribution in [0.4, 0.5) is 0 Å². The summed E-state index contributed by atoms with van der Waals surface area (Å²) >= 11 is 0. The van der Waals surface area contributed by atoms with E-state index in [2.05, 4.69) is 0 Å². The summed E-state index contributed by atoms with van der Waals surface area (Å²) in [5.74, 6) is -0.870. The predicted molar refractivity (Wildman–Crippen MR) is 41.6 cm³/mol. The number of rotatable bonds is 2. The number of carboxylic acid groups (broad SMARTS) is 1. The number of hydrogen-bond donors (Lipinski definition) is 1. The van der Waals surface area contributed by atoms with Crippen molar-refractivity contribution in [3.05, 3.63) is 12.2 Å². The first-order valence-electron chi connectivity index (χ1n) is 3.83. The third kappa shape index (κ3) is 3.02. The zero-order valence-electron chi connectivity index (χ0n) is 6.90. The SMILES string of the molecule is CC1OCC(C=CC(=O)O)CO1. The van der Waals surface area contributed by atoms with Crippen molar-refractivity contribution in [2.45, 2.75) is 13.2 Å². The predicted octanol–water partition coefficient (Wildman–Crippen LogP) is 0.636. The van der Waals surface area contributed by atoms with Crippen LogP contribution < -0.4 is 0 Å². The molecule has 1 N–H and O–H groups in total. The van der Waals surface area contributed by atoms with Crippen LogP contribution in [0.15, 0.2) is 12.2 Å². The van der Waals surface area contributed by atoms with Gasteiger partial charge in [0.15, 0.2) is 6.29 Å². The van der Waals surface area contributed by atoms with E-state index in [1.807, 2.05) is 6.92 Å². The van der Waals surface area contributed by atoms with E-state index in [9.17, 15) is 4.79 Å². The molecule has 0 saturated carbocycles. The Bertz CT molecular complexity index is 179. The normalized spacial score (nSPS) is 30.8. The largest absolute Gasteiger partial charge is 0.478 e. The van der Waals surface area contributed by atoms with Gasteiger partial charge in [0.1, 0.15) is 0 Å². The van der Waals surface area contributed by atoms with Gasteiger partial charge >= 0.3 is 5.97 Å². The molecule has 1 heterocycles. The van der Waals surface area contributed by atoms with Crippen LogP contribution in [0.25, 0.3) is 0 Å². The van der Waals surface area contributed by atoms with E-state index in [1.54, 1.807) is 6.08 Å². The maximum absolute atomic E-state index is 10.1. The monoisotopic (exact) mass is 172 g/mol. The van der Waals surface area contributed by atoms with E-state index in [1.165, 1.54) is 0 Å². The zero-order chi connectivity index (χ0) is 8.97.